The first-order chi connectivity index (χ1) is 38.6. The third-order valence-electron chi connectivity index (χ3n) is 12.5. The Kier molecular flexibility index (Phi) is 15.5. The lowest BCUT2D eigenvalue weighted by Gasteiger charge is -2.16. The van der Waals surface area contributed by atoms with Crippen LogP contribution in [0.25, 0.3) is 54.5 Å². The summed E-state index contributed by atoms with van der Waals surface area (Å²) in [6, 6.07) is 24.8. The monoisotopic (exact) mass is 1090 g/mol. The molecule has 11 aromatic rings. The largest absolute Gasteiger partial charge is 0.493 e. The van der Waals surface area contributed by atoms with Crippen LogP contribution in [0.1, 0.15) is 31.1 Å². The van der Waals surface area contributed by atoms with Crippen LogP contribution < -0.4 is 61.6 Å². The number of rotatable bonds is 15. The Morgan fingerprint density at radius 2 is 0.838 bits per heavy atom. The zero-order chi connectivity index (χ0) is 56.8. The van der Waals surface area contributed by atoms with E-state index in [1.807, 2.05) is 36.4 Å². The SMILES string of the molecule is COc1cc2ncc(C(N)=O)c(Nc3ccc(F)cc3F)c2cc1OC.COc1cc2ncc(C(N)=O)c(Nc3ccc4[nH]ncc4c3)c2cc1OC.COc1cc2ncc(C(N)=O)c(Nc3ccc4cn[nH]c4c3)c2cc1OC. The zero-order valence-electron chi connectivity index (χ0n) is 43.4. The number of H-pyrrole nitrogens is 2. The second kappa shape index (κ2) is 23.1. The first-order valence-corrected chi connectivity index (χ1v) is 23.8. The molecule has 22 nitrogen and oxygen atoms in total. The minimum atomic E-state index is -0.814. The van der Waals surface area contributed by atoms with Gasteiger partial charge in [-0.05, 0) is 66.7 Å². The van der Waals surface area contributed by atoms with Crippen molar-refractivity contribution in [1.82, 2.24) is 35.3 Å². The van der Waals surface area contributed by atoms with E-state index in [0.29, 0.717) is 78.6 Å². The Balaban J connectivity index is 0.000000145. The summed E-state index contributed by atoms with van der Waals surface area (Å²) in [7, 11) is 9.15. The number of nitrogens with one attached hydrogen (secondary N) is 5. The fourth-order valence-electron chi connectivity index (χ4n) is 8.57. The maximum atomic E-state index is 14.1. The number of hydrogen-bond donors (Lipinski definition) is 8. The van der Waals surface area contributed by atoms with Gasteiger partial charge in [0.1, 0.15) is 11.6 Å². The second-order valence-electron chi connectivity index (χ2n) is 17.2. The van der Waals surface area contributed by atoms with Gasteiger partial charge in [0.15, 0.2) is 34.5 Å². The molecule has 0 atom stereocenters. The molecule has 0 radical (unpaired) electrons. The molecule has 11 N–H and O–H groups in total. The lowest BCUT2D eigenvalue weighted by molar-refractivity contribution is 0.0992. The van der Waals surface area contributed by atoms with Gasteiger partial charge in [-0.2, -0.15) is 10.2 Å². The predicted molar refractivity (Wildman–Crippen MR) is 298 cm³/mol. The van der Waals surface area contributed by atoms with Crippen molar-refractivity contribution >= 4 is 106 Å². The summed E-state index contributed by atoms with van der Waals surface area (Å²) >= 11 is 0. The highest BCUT2D eigenvalue weighted by molar-refractivity contribution is 6.10. The number of benzene rings is 6. The third kappa shape index (κ3) is 11.0. The van der Waals surface area contributed by atoms with Gasteiger partial charge in [-0.3, -0.25) is 39.5 Å². The summed E-state index contributed by atoms with van der Waals surface area (Å²) in [5, 5.41) is 27.0. The van der Waals surface area contributed by atoms with Gasteiger partial charge in [0.05, 0.1) is 122 Å². The number of halogens is 2. The van der Waals surface area contributed by atoms with Crippen molar-refractivity contribution in [2.24, 2.45) is 17.2 Å². The van der Waals surface area contributed by atoms with Gasteiger partial charge in [0.2, 0.25) is 0 Å². The number of nitrogens with zero attached hydrogens (tertiary/aromatic N) is 5. The molecule has 0 bridgehead atoms. The summed E-state index contributed by atoms with van der Waals surface area (Å²) in [4.78, 5) is 48.6. The van der Waals surface area contributed by atoms with Gasteiger partial charge >= 0.3 is 0 Å². The molecule has 11 rings (SSSR count). The number of carbonyl (C=O) groups excluding carboxylic acids is 3. The molecule has 0 saturated carbocycles. The van der Waals surface area contributed by atoms with Crippen LogP contribution in [0, 0.1) is 11.6 Å². The Hall–Kier alpha value is -11.0. The van der Waals surface area contributed by atoms with Crippen LogP contribution >= 0.6 is 0 Å². The molecular weight excluding hydrogens is 1040 g/mol. The molecule has 3 amide bonds. The number of methoxy groups -OCH3 is 6. The second-order valence-corrected chi connectivity index (χ2v) is 17.2. The maximum absolute atomic E-state index is 14.1. The highest BCUT2D eigenvalue weighted by Gasteiger charge is 2.21. The van der Waals surface area contributed by atoms with Crippen LogP contribution in [0.15, 0.2) is 122 Å². The number of anilines is 6. The molecule has 0 aliphatic rings. The van der Waals surface area contributed by atoms with E-state index in [1.165, 1.54) is 38.9 Å². The standard InChI is InChI=1S/2C19H17N5O3.C18H15F2N3O3/c1-26-16-6-12-15(7-17(16)27-2)21-9-13(19(20)25)18(12)23-11-3-4-14-10(5-11)8-22-24-14;1-26-16-6-12-15(7-17(16)27-2)21-9-13(19(20)25)18(12)23-11-4-3-10-8-22-24-14(10)5-11;1-25-15-6-10-14(7-16(15)26-2)22-8-11(18(21)24)17(10)23-13-4-3-9(19)5-12(13)20/h2*3-9H,1-2H3,(H2,20,25)(H,21,23)(H,22,24);3-8H,1-2H3,(H2,21,24)(H,22,23). The molecule has 0 fully saturated rings. The molecule has 406 valence electrons. The van der Waals surface area contributed by atoms with Crippen LogP contribution in [0.4, 0.5) is 42.9 Å². The maximum Gasteiger partial charge on any atom is 0.252 e. The van der Waals surface area contributed by atoms with Crippen molar-refractivity contribution in [3.8, 4) is 34.5 Å². The number of ether oxygens (including phenoxy) is 6. The van der Waals surface area contributed by atoms with Crippen LogP contribution in [0.5, 0.6) is 34.5 Å². The quantitative estimate of drug-likeness (QED) is 0.0474. The van der Waals surface area contributed by atoms with Gasteiger partial charge in [-0.1, -0.05) is 0 Å². The molecule has 0 aliphatic heterocycles. The lowest BCUT2D eigenvalue weighted by Crippen LogP contribution is -2.14. The van der Waals surface area contributed by atoms with E-state index in [2.05, 4.69) is 51.3 Å². The molecular formula is C56H49F2N13O9. The first kappa shape index (κ1) is 53.8. The minimum Gasteiger partial charge on any atom is -0.493 e. The summed E-state index contributed by atoms with van der Waals surface area (Å²) in [5.41, 5.74) is 23.6. The number of primary amides is 3. The van der Waals surface area contributed by atoms with Crippen LogP contribution in [-0.2, 0) is 0 Å². The Bertz CT molecular complexity index is 4010. The number of aromatic nitrogens is 7. The number of nitrogens with two attached hydrogens (primary N) is 3. The van der Waals surface area contributed by atoms with Gasteiger partial charge in [0.25, 0.3) is 17.7 Å². The van der Waals surface area contributed by atoms with Crippen LogP contribution in [-0.4, -0.2) is 95.7 Å². The molecule has 5 aromatic heterocycles. The van der Waals surface area contributed by atoms with Crippen LogP contribution in [0.2, 0.25) is 0 Å². The third-order valence-corrected chi connectivity index (χ3v) is 12.5. The first-order valence-electron chi connectivity index (χ1n) is 23.8. The molecule has 0 aliphatic carbocycles. The summed E-state index contributed by atoms with van der Waals surface area (Å²) in [6.07, 6.45) is 7.66. The summed E-state index contributed by atoms with van der Waals surface area (Å²) < 4.78 is 59.1. The average Bonchev–Trinajstić information content (AvgIpc) is 4.18. The number of hydrogen-bond acceptors (Lipinski definition) is 17. The number of fused-ring (bicyclic) bond motifs is 5. The average molecular weight is 1090 g/mol. The number of pyridine rings is 3. The predicted octanol–water partition coefficient (Wildman–Crippen LogP) is 9.31. The molecule has 80 heavy (non-hydrogen) atoms. The highest BCUT2D eigenvalue weighted by Crippen LogP contribution is 2.41. The van der Waals surface area contributed by atoms with Crippen LogP contribution in [0.3, 0.4) is 0 Å². The fraction of sp³-hybridized carbons (Fsp3) is 0.107. The molecule has 0 saturated heterocycles. The van der Waals surface area contributed by atoms with Crippen molar-refractivity contribution in [3.63, 3.8) is 0 Å². The Labute approximate surface area is 452 Å². The van der Waals surface area contributed by atoms with Crippen molar-refractivity contribution in [2.75, 3.05) is 58.6 Å². The van der Waals surface area contributed by atoms with E-state index in [-0.39, 0.29) is 28.1 Å². The molecule has 0 unspecified atom stereocenters. The number of amides is 3. The fourth-order valence-corrected chi connectivity index (χ4v) is 8.57. The van der Waals surface area contributed by atoms with E-state index in [0.717, 1.165) is 45.3 Å². The van der Waals surface area contributed by atoms with Crippen molar-refractivity contribution < 1.29 is 51.6 Å². The minimum absolute atomic E-state index is 0.0174. The van der Waals surface area contributed by atoms with E-state index >= 15 is 0 Å². The van der Waals surface area contributed by atoms with Gasteiger partial charge < -0.3 is 61.6 Å². The van der Waals surface area contributed by atoms with Gasteiger partial charge in [-0.15, -0.1) is 0 Å². The van der Waals surface area contributed by atoms with E-state index < -0.39 is 29.4 Å². The lowest BCUT2D eigenvalue weighted by atomic mass is 10.1. The van der Waals surface area contributed by atoms with E-state index in [4.69, 9.17) is 45.6 Å². The summed E-state index contributed by atoms with van der Waals surface area (Å²) in [6.45, 7) is 0. The highest BCUT2D eigenvalue weighted by atomic mass is 19.1. The van der Waals surface area contributed by atoms with Crippen molar-refractivity contribution in [3.05, 3.63) is 150 Å². The number of aromatic amines is 2. The normalized spacial score (nSPS) is 10.8. The zero-order valence-corrected chi connectivity index (χ0v) is 43.4. The van der Waals surface area contributed by atoms with Crippen molar-refractivity contribution in [1.29, 1.82) is 0 Å². The topological polar surface area (TPSA) is 317 Å². The number of carbonyl (C=O) groups is 3. The van der Waals surface area contributed by atoms with E-state index in [9.17, 15) is 23.2 Å². The van der Waals surface area contributed by atoms with Gasteiger partial charge in [-0.25, -0.2) is 8.78 Å². The van der Waals surface area contributed by atoms with Crippen molar-refractivity contribution in [2.45, 2.75) is 0 Å². The summed E-state index contributed by atoms with van der Waals surface area (Å²) in [5.74, 6) is -0.439. The molecule has 5 heterocycles. The smallest absolute Gasteiger partial charge is 0.252 e. The van der Waals surface area contributed by atoms with Gasteiger partial charge in [0, 0.05) is 81.2 Å². The molecule has 0 spiro atoms. The Morgan fingerprint density at radius 1 is 0.438 bits per heavy atom. The Morgan fingerprint density at radius 3 is 1.27 bits per heavy atom. The molecule has 6 aromatic carbocycles. The molecule has 24 heteroatoms. The van der Waals surface area contributed by atoms with E-state index in [1.54, 1.807) is 77.2 Å².